The van der Waals surface area contributed by atoms with E-state index in [0.29, 0.717) is 16.6 Å². The smallest absolute Gasteiger partial charge is 0.273 e. The van der Waals surface area contributed by atoms with Gasteiger partial charge < -0.3 is 0 Å². The number of nitrogens with one attached hydrogen (secondary N) is 2. The van der Waals surface area contributed by atoms with Gasteiger partial charge in [-0.25, -0.2) is 12.8 Å². The van der Waals surface area contributed by atoms with Crippen molar-refractivity contribution in [2.24, 2.45) is 0 Å². The Morgan fingerprint density at radius 2 is 1.64 bits per heavy atom. The molecule has 1 amide bonds. The van der Waals surface area contributed by atoms with Crippen LogP contribution in [0.15, 0.2) is 51.8 Å². The number of sulfonamides is 1. The molecule has 0 aliphatic rings. The molecule has 0 saturated heterocycles. The lowest BCUT2D eigenvalue weighted by Crippen LogP contribution is -2.42. The first kappa shape index (κ1) is 19.3. The maximum Gasteiger partial charge on any atom is 0.417 e. The van der Waals surface area contributed by atoms with Gasteiger partial charge in [-0.3, -0.25) is 10.2 Å². The molecule has 0 fully saturated rings. The molecule has 0 bridgehead atoms. The van der Waals surface area contributed by atoms with Gasteiger partial charge in [-0.1, -0.05) is 15.9 Å². The van der Waals surface area contributed by atoms with Crippen LogP contribution < -0.4 is 10.3 Å². The highest BCUT2D eigenvalue weighted by Gasteiger charge is 2.37. The van der Waals surface area contributed by atoms with Crippen LogP contribution in [0.3, 0.4) is 0 Å². The molecule has 0 aliphatic heterocycles. The Morgan fingerprint density at radius 1 is 1.04 bits per heavy atom. The molecule has 2 aromatic rings. The fourth-order valence-electron chi connectivity index (χ4n) is 1.80. The van der Waals surface area contributed by atoms with Gasteiger partial charge in [-0.15, -0.1) is 4.83 Å². The molecule has 2 rings (SSSR count). The summed E-state index contributed by atoms with van der Waals surface area (Å²) in [5.41, 5.74) is 0.185. The van der Waals surface area contributed by atoms with E-state index >= 15 is 0 Å². The van der Waals surface area contributed by atoms with Crippen molar-refractivity contribution in [2.75, 3.05) is 0 Å². The van der Waals surface area contributed by atoms with Crippen LogP contribution in [-0.2, 0) is 16.2 Å². The van der Waals surface area contributed by atoms with Crippen molar-refractivity contribution in [1.82, 2.24) is 10.3 Å². The molecular weight excluding hydrogens is 432 g/mol. The number of carbonyl (C=O) groups excluding carboxylic acids is 1. The minimum absolute atomic E-state index is 0.0606. The normalized spacial score (nSPS) is 12.0. The SMILES string of the molecule is O=C(NNS(=O)(=O)c1ccc(F)cc1C(F)(F)F)c1ccc(Br)cc1. The van der Waals surface area contributed by atoms with E-state index in [2.05, 4.69) is 15.9 Å². The average Bonchev–Trinajstić information content (AvgIpc) is 2.52. The van der Waals surface area contributed by atoms with Crippen molar-refractivity contribution in [2.45, 2.75) is 11.1 Å². The molecular formula is C14H9BrF4N2O3S. The summed E-state index contributed by atoms with van der Waals surface area (Å²) in [4.78, 5) is 12.2. The zero-order valence-corrected chi connectivity index (χ0v) is 14.5. The Morgan fingerprint density at radius 3 is 2.20 bits per heavy atom. The Hall–Kier alpha value is -1.98. The molecule has 0 radical (unpaired) electrons. The molecule has 25 heavy (non-hydrogen) atoms. The van der Waals surface area contributed by atoms with Crippen LogP contribution >= 0.6 is 15.9 Å². The molecule has 0 aliphatic carbocycles. The molecule has 2 aromatic carbocycles. The molecule has 0 saturated carbocycles. The van der Waals surface area contributed by atoms with E-state index < -0.39 is 38.4 Å². The minimum atomic E-state index is -5.10. The predicted octanol–water partition coefficient (Wildman–Crippen LogP) is 3.23. The highest BCUT2D eigenvalue weighted by atomic mass is 79.9. The zero-order valence-electron chi connectivity index (χ0n) is 12.1. The molecule has 11 heteroatoms. The highest BCUT2D eigenvalue weighted by Crippen LogP contribution is 2.34. The number of carbonyl (C=O) groups is 1. The molecule has 0 unspecified atom stereocenters. The van der Waals surface area contributed by atoms with E-state index in [-0.39, 0.29) is 11.6 Å². The van der Waals surface area contributed by atoms with E-state index in [9.17, 15) is 30.8 Å². The lowest BCUT2D eigenvalue weighted by Gasteiger charge is -2.14. The third-order valence-corrected chi connectivity index (χ3v) is 4.78. The van der Waals surface area contributed by atoms with Gasteiger partial charge in [-0.05, 0) is 42.5 Å². The zero-order chi connectivity index (χ0) is 18.8. The average molecular weight is 441 g/mol. The maximum atomic E-state index is 13.0. The number of amides is 1. The standard InChI is InChI=1S/C14H9BrF4N2O3S/c15-9-3-1-8(2-4-9)13(22)20-21-25(23,24)12-6-5-10(16)7-11(12)14(17,18)19/h1-7,21H,(H,20,22). The first-order valence-electron chi connectivity index (χ1n) is 6.45. The monoisotopic (exact) mass is 440 g/mol. The molecule has 0 aromatic heterocycles. The molecule has 0 spiro atoms. The largest absolute Gasteiger partial charge is 0.417 e. The third-order valence-electron chi connectivity index (χ3n) is 2.94. The summed E-state index contributed by atoms with van der Waals surface area (Å²) in [5, 5.41) is 0. The summed E-state index contributed by atoms with van der Waals surface area (Å²) < 4.78 is 76.5. The van der Waals surface area contributed by atoms with Crippen molar-refractivity contribution >= 4 is 31.9 Å². The van der Waals surface area contributed by atoms with Crippen LogP contribution in [0.2, 0.25) is 0 Å². The summed E-state index contributed by atoms with van der Waals surface area (Å²) in [6, 6.07) is 6.87. The van der Waals surface area contributed by atoms with Crippen molar-refractivity contribution in [3.8, 4) is 0 Å². The molecule has 0 atom stereocenters. The van der Waals surface area contributed by atoms with Gasteiger partial charge in [-0.2, -0.15) is 13.2 Å². The van der Waals surface area contributed by atoms with Crippen molar-refractivity contribution in [3.05, 3.63) is 63.9 Å². The first-order chi connectivity index (χ1) is 11.5. The van der Waals surface area contributed by atoms with E-state index in [1.165, 1.54) is 24.3 Å². The maximum absolute atomic E-state index is 13.0. The van der Waals surface area contributed by atoms with E-state index in [1.54, 1.807) is 10.3 Å². The summed E-state index contributed by atoms with van der Waals surface area (Å²) in [5.74, 6) is -2.13. The van der Waals surface area contributed by atoms with Gasteiger partial charge in [0.1, 0.15) is 5.82 Å². The van der Waals surface area contributed by atoms with Crippen LogP contribution in [0.25, 0.3) is 0 Å². The molecule has 2 N–H and O–H groups in total. The van der Waals surface area contributed by atoms with Crippen LogP contribution in [0.4, 0.5) is 17.6 Å². The van der Waals surface area contributed by atoms with Crippen LogP contribution in [-0.4, -0.2) is 14.3 Å². The van der Waals surface area contributed by atoms with Gasteiger partial charge in [0.05, 0.1) is 10.5 Å². The summed E-state index contributed by atoms with van der Waals surface area (Å²) in [7, 11) is -4.78. The number of hydrazine groups is 1. The van der Waals surface area contributed by atoms with Crippen molar-refractivity contribution in [1.29, 1.82) is 0 Å². The topological polar surface area (TPSA) is 75.3 Å². The van der Waals surface area contributed by atoms with Gasteiger partial charge in [0.25, 0.3) is 15.9 Å². The van der Waals surface area contributed by atoms with E-state index in [4.69, 9.17) is 0 Å². The Bertz CT molecular complexity index is 899. The highest BCUT2D eigenvalue weighted by molar-refractivity contribution is 9.10. The quantitative estimate of drug-likeness (QED) is 0.566. The lowest BCUT2D eigenvalue weighted by atomic mass is 10.2. The summed E-state index contributed by atoms with van der Waals surface area (Å²) >= 11 is 3.15. The number of hydrogen-bond donors (Lipinski definition) is 2. The van der Waals surface area contributed by atoms with E-state index in [1.807, 2.05) is 0 Å². The number of halogens is 5. The first-order valence-corrected chi connectivity index (χ1v) is 8.73. The summed E-state index contributed by atoms with van der Waals surface area (Å²) in [6.07, 6.45) is -5.10. The number of rotatable bonds is 4. The van der Waals surface area contributed by atoms with Crippen LogP contribution in [0.5, 0.6) is 0 Å². The Kier molecular flexibility index (Phi) is 5.49. The number of alkyl halides is 3. The fraction of sp³-hybridized carbons (Fsp3) is 0.0714. The molecule has 0 heterocycles. The van der Waals surface area contributed by atoms with Gasteiger partial charge in [0.2, 0.25) is 0 Å². The second-order valence-corrected chi connectivity index (χ2v) is 7.27. The molecule has 5 nitrogen and oxygen atoms in total. The van der Waals surface area contributed by atoms with Crippen LogP contribution in [0, 0.1) is 5.82 Å². The Labute approximate surface area is 148 Å². The lowest BCUT2D eigenvalue weighted by molar-refractivity contribution is -0.140. The van der Waals surface area contributed by atoms with Gasteiger partial charge in [0.15, 0.2) is 0 Å². The minimum Gasteiger partial charge on any atom is -0.273 e. The second kappa shape index (κ2) is 7.10. The summed E-state index contributed by atoms with van der Waals surface area (Å²) in [6.45, 7) is 0. The fourth-order valence-corrected chi connectivity index (χ4v) is 3.11. The van der Waals surface area contributed by atoms with Crippen LogP contribution in [0.1, 0.15) is 15.9 Å². The Balaban J connectivity index is 2.25. The van der Waals surface area contributed by atoms with Gasteiger partial charge >= 0.3 is 6.18 Å². The molecule has 134 valence electrons. The van der Waals surface area contributed by atoms with E-state index in [0.717, 1.165) is 0 Å². The second-order valence-electron chi connectivity index (χ2n) is 4.70. The number of benzene rings is 2. The van der Waals surface area contributed by atoms with Crippen molar-refractivity contribution < 1.29 is 30.8 Å². The predicted molar refractivity (Wildman–Crippen MR) is 83.3 cm³/mol. The number of hydrogen-bond acceptors (Lipinski definition) is 3. The van der Waals surface area contributed by atoms with Gasteiger partial charge in [0, 0.05) is 10.0 Å². The third kappa shape index (κ3) is 4.77. The van der Waals surface area contributed by atoms with Crippen molar-refractivity contribution in [3.63, 3.8) is 0 Å².